The van der Waals surface area contributed by atoms with E-state index in [-0.39, 0.29) is 24.3 Å². The van der Waals surface area contributed by atoms with Gasteiger partial charge < -0.3 is 9.73 Å². The molecule has 3 aromatic heterocycles. The van der Waals surface area contributed by atoms with Crippen LogP contribution in [0.15, 0.2) is 70.3 Å². The van der Waals surface area contributed by atoms with Gasteiger partial charge in [0.25, 0.3) is 5.91 Å². The van der Waals surface area contributed by atoms with Crippen LogP contribution < -0.4 is 5.32 Å². The zero-order valence-corrected chi connectivity index (χ0v) is 25.3. The number of rotatable bonds is 8. The standard InChI is InChI=1S/C33H27F3N4O2S2/c1-18-31(42-17-38-18)28-24(11-7-19-4-8-21(34)9-5-19)39-30-25-3-2-14-40(25)44-32(30)29(28)26-12-13-27(43-26)33(41)37-16-20-6-10-22(35)23(36)15-20/h4-6,8-10,12-13,15,17,25H,2-3,7,11,14,16H2,1H3,(H,37,41). The summed E-state index contributed by atoms with van der Waals surface area (Å²) in [5.41, 5.74) is 5.93. The first-order valence-corrected chi connectivity index (χ1v) is 15.9. The minimum absolute atomic E-state index is 0.0659. The molecule has 0 spiro atoms. The summed E-state index contributed by atoms with van der Waals surface area (Å²) in [5, 5.41) is 2.82. The molecule has 0 bridgehead atoms. The van der Waals surface area contributed by atoms with Crippen LogP contribution in [0.1, 0.15) is 56.8 Å². The monoisotopic (exact) mass is 632 g/mol. The molecule has 7 rings (SSSR count). The van der Waals surface area contributed by atoms with E-state index in [4.69, 9.17) is 9.40 Å². The molecule has 2 aromatic carbocycles. The maximum Gasteiger partial charge on any atom is 0.261 e. The molecule has 11 heteroatoms. The number of hydrogen-bond donors (Lipinski definition) is 1. The summed E-state index contributed by atoms with van der Waals surface area (Å²) in [4.78, 5) is 25.3. The number of hydrogen-bond acceptors (Lipinski definition) is 7. The van der Waals surface area contributed by atoms with Gasteiger partial charge in [0.05, 0.1) is 38.5 Å². The number of carbonyl (C=O) groups is 1. The van der Waals surface area contributed by atoms with Gasteiger partial charge in [-0.25, -0.2) is 22.5 Å². The Hall–Kier alpha value is -3.93. The highest BCUT2D eigenvalue weighted by molar-refractivity contribution is 7.97. The number of nitrogens with one attached hydrogen (secondary N) is 1. The van der Waals surface area contributed by atoms with E-state index < -0.39 is 11.6 Å². The van der Waals surface area contributed by atoms with E-state index in [0.29, 0.717) is 29.0 Å². The second-order valence-corrected chi connectivity index (χ2v) is 13.0. The Kier molecular flexibility index (Phi) is 7.77. The highest BCUT2D eigenvalue weighted by atomic mass is 32.2. The first-order chi connectivity index (χ1) is 21.4. The predicted molar refractivity (Wildman–Crippen MR) is 164 cm³/mol. The third-order valence-corrected chi connectivity index (χ3v) is 10.4. The molecular weight excluding hydrogens is 606 g/mol. The van der Waals surface area contributed by atoms with Crippen molar-refractivity contribution in [1.82, 2.24) is 19.6 Å². The molecule has 0 aliphatic carbocycles. The second-order valence-electron chi connectivity index (χ2n) is 10.9. The summed E-state index contributed by atoms with van der Waals surface area (Å²) in [5.74, 6) is -1.83. The van der Waals surface area contributed by atoms with Gasteiger partial charge >= 0.3 is 0 Å². The minimum Gasteiger partial charge on any atom is -0.443 e. The lowest BCUT2D eigenvalue weighted by atomic mass is 9.95. The fraction of sp³-hybridized carbons (Fsp3) is 0.242. The average molecular weight is 633 g/mol. The molecule has 5 aromatic rings. The molecule has 1 N–H and O–H groups in total. The molecule has 2 aliphatic rings. The van der Waals surface area contributed by atoms with Gasteiger partial charge in [-0.3, -0.25) is 9.78 Å². The third-order valence-electron chi connectivity index (χ3n) is 8.03. The second kappa shape index (κ2) is 11.9. The van der Waals surface area contributed by atoms with Crippen LogP contribution in [-0.4, -0.2) is 26.7 Å². The maximum atomic E-state index is 13.7. The lowest BCUT2D eigenvalue weighted by molar-refractivity contribution is 0.0955. The zero-order chi connectivity index (χ0) is 30.4. The molecule has 44 heavy (non-hydrogen) atoms. The quantitative estimate of drug-likeness (QED) is 0.175. The average Bonchev–Trinajstić information content (AvgIpc) is 3.82. The number of halogens is 3. The molecule has 1 atom stereocenters. The lowest BCUT2D eigenvalue weighted by Crippen LogP contribution is -2.21. The molecule has 1 saturated heterocycles. The summed E-state index contributed by atoms with van der Waals surface area (Å²) in [6, 6.07) is 14.0. The van der Waals surface area contributed by atoms with Crippen molar-refractivity contribution in [3.05, 3.63) is 112 Å². The summed E-state index contributed by atoms with van der Waals surface area (Å²) in [7, 11) is 0. The number of aromatic nitrogens is 2. The lowest BCUT2D eigenvalue weighted by Gasteiger charge is -2.17. The van der Waals surface area contributed by atoms with E-state index in [2.05, 4.69) is 14.6 Å². The Morgan fingerprint density at radius 1 is 1.02 bits per heavy atom. The van der Waals surface area contributed by atoms with Gasteiger partial charge in [0, 0.05) is 23.5 Å². The molecule has 0 saturated carbocycles. The number of benzene rings is 2. The maximum absolute atomic E-state index is 13.7. The molecule has 1 amide bonds. The van der Waals surface area contributed by atoms with E-state index >= 15 is 0 Å². The van der Waals surface area contributed by atoms with Gasteiger partial charge in [0.2, 0.25) is 0 Å². The number of oxazole rings is 1. The van der Waals surface area contributed by atoms with Crippen molar-refractivity contribution in [2.24, 2.45) is 0 Å². The number of pyridine rings is 1. The van der Waals surface area contributed by atoms with Gasteiger partial charge in [-0.05, 0) is 92.1 Å². The van der Waals surface area contributed by atoms with Crippen LogP contribution >= 0.6 is 23.3 Å². The summed E-state index contributed by atoms with van der Waals surface area (Å²) in [6.45, 7) is 2.93. The van der Waals surface area contributed by atoms with Gasteiger partial charge in [0.1, 0.15) is 5.82 Å². The third kappa shape index (κ3) is 5.44. The molecule has 1 unspecified atom stereocenters. The highest BCUT2D eigenvalue weighted by Crippen LogP contribution is 2.55. The fourth-order valence-electron chi connectivity index (χ4n) is 5.83. The van der Waals surface area contributed by atoms with Crippen LogP contribution in [0.2, 0.25) is 0 Å². The largest absolute Gasteiger partial charge is 0.443 e. The van der Waals surface area contributed by atoms with Crippen molar-refractivity contribution in [3.63, 3.8) is 0 Å². The van der Waals surface area contributed by atoms with E-state index in [9.17, 15) is 18.0 Å². The van der Waals surface area contributed by atoms with Crippen LogP contribution in [0, 0.1) is 24.4 Å². The highest BCUT2D eigenvalue weighted by Gasteiger charge is 2.40. The summed E-state index contributed by atoms with van der Waals surface area (Å²) >= 11 is 3.07. The number of aryl methyl sites for hydroxylation is 3. The summed E-state index contributed by atoms with van der Waals surface area (Å²) < 4.78 is 49.0. The normalized spacial score (nSPS) is 15.9. The van der Waals surface area contributed by atoms with Crippen molar-refractivity contribution in [2.75, 3.05) is 6.54 Å². The number of fused-ring (bicyclic) bond motifs is 3. The van der Waals surface area contributed by atoms with Crippen LogP contribution in [-0.2, 0) is 19.4 Å². The Labute approximate surface area is 260 Å². The molecule has 2 aliphatic heterocycles. The number of nitrogens with zero attached hydrogens (tertiary/aromatic N) is 3. The number of carbonyl (C=O) groups excluding carboxylic acids is 1. The van der Waals surface area contributed by atoms with Crippen LogP contribution in [0.4, 0.5) is 13.2 Å². The molecule has 5 heterocycles. The Morgan fingerprint density at radius 2 is 1.84 bits per heavy atom. The van der Waals surface area contributed by atoms with Crippen LogP contribution in [0.25, 0.3) is 21.8 Å². The van der Waals surface area contributed by atoms with Crippen molar-refractivity contribution < 1.29 is 22.4 Å². The van der Waals surface area contributed by atoms with Gasteiger partial charge in [-0.2, -0.15) is 0 Å². The first kappa shape index (κ1) is 28.8. The molecule has 0 radical (unpaired) electrons. The topological polar surface area (TPSA) is 71.3 Å². The molecule has 224 valence electrons. The van der Waals surface area contributed by atoms with Gasteiger partial charge in [-0.1, -0.05) is 18.2 Å². The molecule has 6 nitrogen and oxygen atoms in total. The van der Waals surface area contributed by atoms with Crippen molar-refractivity contribution in [1.29, 1.82) is 0 Å². The van der Waals surface area contributed by atoms with E-state index in [1.165, 1.54) is 35.9 Å². The van der Waals surface area contributed by atoms with E-state index in [1.54, 1.807) is 30.1 Å². The van der Waals surface area contributed by atoms with Crippen molar-refractivity contribution in [3.8, 4) is 21.8 Å². The summed E-state index contributed by atoms with van der Waals surface area (Å²) in [6.07, 6.45) is 4.82. The predicted octanol–water partition coefficient (Wildman–Crippen LogP) is 8.06. The van der Waals surface area contributed by atoms with Crippen molar-refractivity contribution >= 4 is 29.2 Å². The number of thiophene rings is 1. The first-order valence-electron chi connectivity index (χ1n) is 14.3. The minimum atomic E-state index is -0.954. The van der Waals surface area contributed by atoms with Crippen LogP contribution in [0.5, 0.6) is 0 Å². The molecular formula is C33H27F3N4O2S2. The Balaban J connectivity index is 1.28. The Bertz CT molecular complexity index is 1870. The van der Waals surface area contributed by atoms with Gasteiger partial charge in [-0.15, -0.1) is 11.3 Å². The fourth-order valence-corrected chi connectivity index (χ4v) is 8.24. The van der Waals surface area contributed by atoms with E-state index in [0.717, 1.165) is 75.1 Å². The zero-order valence-electron chi connectivity index (χ0n) is 23.7. The number of amides is 1. The molecule has 1 fully saturated rings. The van der Waals surface area contributed by atoms with Crippen LogP contribution in [0.3, 0.4) is 0 Å². The smallest absolute Gasteiger partial charge is 0.261 e. The Morgan fingerprint density at radius 3 is 2.61 bits per heavy atom. The van der Waals surface area contributed by atoms with Crippen molar-refractivity contribution in [2.45, 2.75) is 50.1 Å². The SMILES string of the molecule is Cc1ncoc1-c1c(CCc2ccc(F)cc2)nc2c(c1-c1ccc(C(=O)NCc3ccc(F)c(F)c3)s1)SN1CCCC21. The van der Waals surface area contributed by atoms with E-state index in [1.807, 2.05) is 13.0 Å². The van der Waals surface area contributed by atoms with Gasteiger partial charge in [0.15, 0.2) is 23.8 Å².